The zero-order valence-electron chi connectivity index (χ0n) is 12.1. The molecule has 0 saturated carbocycles. The number of hydrogen-bond acceptors (Lipinski definition) is 4. The van der Waals surface area contributed by atoms with Crippen molar-refractivity contribution >= 4 is 58.8 Å². The van der Waals surface area contributed by atoms with Crippen molar-refractivity contribution in [1.29, 1.82) is 0 Å². The molecule has 1 fully saturated rings. The van der Waals surface area contributed by atoms with E-state index in [-0.39, 0.29) is 35.9 Å². The number of aliphatic imine (C=N–C) groups is 1. The molecule has 1 aliphatic heterocycles. The number of guanidine groups is 1. The molecule has 0 aliphatic carbocycles. The van der Waals surface area contributed by atoms with E-state index in [2.05, 4.69) is 20.9 Å². The topological polar surface area (TPSA) is 85.8 Å². The molecule has 0 bridgehead atoms. The first-order valence-corrected chi connectivity index (χ1v) is 7.95. The zero-order chi connectivity index (χ0) is 15.2. The van der Waals surface area contributed by atoms with Crippen LogP contribution in [-0.2, 0) is 4.79 Å². The van der Waals surface area contributed by atoms with Gasteiger partial charge < -0.3 is 21.1 Å². The van der Waals surface area contributed by atoms with Crippen molar-refractivity contribution < 1.29 is 9.90 Å². The van der Waals surface area contributed by atoms with E-state index in [1.165, 1.54) is 11.3 Å². The molecule has 2 atom stereocenters. The number of carbonyl (C=O) groups excluding carboxylic acids is 1. The lowest BCUT2D eigenvalue weighted by Crippen LogP contribution is -2.51. The van der Waals surface area contributed by atoms with Gasteiger partial charge >= 0.3 is 0 Å². The molecule has 2 heterocycles. The molecule has 124 valence electrons. The second-order valence-corrected chi connectivity index (χ2v) is 6.54. The highest BCUT2D eigenvalue weighted by molar-refractivity contribution is 14.0. The maximum Gasteiger partial charge on any atom is 0.220 e. The predicted molar refractivity (Wildman–Crippen MR) is 100 cm³/mol. The van der Waals surface area contributed by atoms with Crippen LogP contribution in [0.3, 0.4) is 0 Å². The number of rotatable bonds is 4. The smallest absolute Gasteiger partial charge is 0.220 e. The van der Waals surface area contributed by atoms with Crippen LogP contribution in [0.15, 0.2) is 17.1 Å². The SMILES string of the molecule is CN=C(NCC(O)c1ccc(Cl)s1)NC1CCC(=O)NC1.I. The molecule has 1 aromatic rings. The van der Waals surface area contributed by atoms with E-state index >= 15 is 0 Å². The molecule has 22 heavy (non-hydrogen) atoms. The summed E-state index contributed by atoms with van der Waals surface area (Å²) in [5, 5.41) is 19.2. The van der Waals surface area contributed by atoms with Gasteiger partial charge in [0.05, 0.1) is 4.34 Å². The lowest BCUT2D eigenvalue weighted by molar-refractivity contribution is -0.122. The Bertz CT molecular complexity index is 516. The maximum atomic E-state index is 11.1. The van der Waals surface area contributed by atoms with Crippen LogP contribution in [0.25, 0.3) is 0 Å². The van der Waals surface area contributed by atoms with E-state index in [4.69, 9.17) is 11.6 Å². The van der Waals surface area contributed by atoms with Crippen LogP contribution in [0.2, 0.25) is 4.34 Å². The minimum absolute atomic E-state index is 0. The van der Waals surface area contributed by atoms with Gasteiger partial charge in [-0.2, -0.15) is 0 Å². The first kappa shape index (κ1) is 19.5. The lowest BCUT2D eigenvalue weighted by Gasteiger charge is -2.25. The number of nitrogens with zero attached hydrogens (tertiary/aromatic N) is 1. The highest BCUT2D eigenvalue weighted by atomic mass is 127. The van der Waals surface area contributed by atoms with Crippen molar-refractivity contribution in [2.24, 2.45) is 4.99 Å². The summed E-state index contributed by atoms with van der Waals surface area (Å²) < 4.78 is 0.657. The van der Waals surface area contributed by atoms with Crippen molar-refractivity contribution in [2.75, 3.05) is 20.1 Å². The number of aliphatic hydroxyl groups excluding tert-OH is 1. The predicted octanol–water partition coefficient (Wildman–Crippen LogP) is 1.50. The molecule has 6 nitrogen and oxygen atoms in total. The summed E-state index contributed by atoms with van der Waals surface area (Å²) in [5.74, 6) is 0.693. The summed E-state index contributed by atoms with van der Waals surface area (Å²) in [6.07, 6.45) is 0.660. The van der Waals surface area contributed by atoms with Crippen LogP contribution in [0.1, 0.15) is 23.8 Å². The van der Waals surface area contributed by atoms with Crippen molar-refractivity contribution in [2.45, 2.75) is 25.0 Å². The van der Waals surface area contributed by atoms with E-state index in [9.17, 15) is 9.90 Å². The summed E-state index contributed by atoms with van der Waals surface area (Å²) in [6.45, 7) is 0.929. The monoisotopic (exact) mass is 458 g/mol. The fourth-order valence-corrected chi connectivity index (χ4v) is 3.09. The molecule has 1 amide bonds. The van der Waals surface area contributed by atoms with Gasteiger partial charge in [0.2, 0.25) is 5.91 Å². The highest BCUT2D eigenvalue weighted by Crippen LogP contribution is 2.26. The van der Waals surface area contributed by atoms with Gasteiger partial charge in [0.25, 0.3) is 0 Å². The second-order valence-electron chi connectivity index (χ2n) is 4.79. The molecule has 9 heteroatoms. The summed E-state index contributed by atoms with van der Waals surface area (Å²) in [6, 6.07) is 3.73. The van der Waals surface area contributed by atoms with Crippen molar-refractivity contribution in [3.8, 4) is 0 Å². The van der Waals surface area contributed by atoms with Gasteiger partial charge in [-0.25, -0.2) is 0 Å². The molecule has 1 aromatic heterocycles. The minimum Gasteiger partial charge on any atom is -0.386 e. The Morgan fingerprint density at radius 3 is 2.95 bits per heavy atom. The molecular formula is C13H20ClIN4O2S. The summed E-state index contributed by atoms with van der Waals surface area (Å²) >= 11 is 7.21. The first-order chi connectivity index (χ1) is 10.1. The van der Waals surface area contributed by atoms with Crippen LogP contribution in [-0.4, -0.2) is 43.2 Å². The Balaban J connectivity index is 0.00000242. The second kappa shape index (κ2) is 9.53. The van der Waals surface area contributed by atoms with Crippen LogP contribution >= 0.6 is 46.9 Å². The quantitative estimate of drug-likeness (QED) is 0.313. The van der Waals surface area contributed by atoms with Gasteiger partial charge in [0.15, 0.2) is 5.96 Å². The molecule has 1 saturated heterocycles. The average Bonchev–Trinajstić information content (AvgIpc) is 2.92. The number of halogens is 2. The van der Waals surface area contributed by atoms with E-state index < -0.39 is 6.10 Å². The molecule has 4 N–H and O–H groups in total. The molecule has 1 aliphatic rings. The van der Waals surface area contributed by atoms with Gasteiger partial charge in [-0.15, -0.1) is 35.3 Å². The standard InChI is InChI=1S/C13H19ClN4O2S.HI/c1-15-13(18-8-2-5-12(20)16-6-8)17-7-9(19)10-3-4-11(14)21-10;/h3-4,8-9,19H,2,5-7H2,1H3,(H,16,20)(H2,15,17,18);1H. The number of hydrogen-bond donors (Lipinski definition) is 4. The Labute approximate surface area is 155 Å². The molecule has 2 unspecified atom stereocenters. The fraction of sp³-hybridized carbons (Fsp3) is 0.538. The third-order valence-corrected chi connectivity index (χ3v) is 4.55. The molecule has 2 rings (SSSR count). The molecule has 0 aromatic carbocycles. The van der Waals surface area contributed by atoms with Crippen LogP contribution in [0.4, 0.5) is 0 Å². The van der Waals surface area contributed by atoms with E-state index in [1.807, 2.05) is 6.07 Å². The van der Waals surface area contributed by atoms with Gasteiger partial charge in [-0.3, -0.25) is 9.79 Å². The first-order valence-electron chi connectivity index (χ1n) is 6.75. The van der Waals surface area contributed by atoms with Gasteiger partial charge in [-0.1, -0.05) is 11.6 Å². The minimum atomic E-state index is -0.632. The number of aliphatic hydroxyl groups is 1. The maximum absolute atomic E-state index is 11.1. The lowest BCUT2D eigenvalue weighted by atomic mass is 10.1. The Hall–Kier alpha value is -0.580. The van der Waals surface area contributed by atoms with Crippen molar-refractivity contribution in [1.82, 2.24) is 16.0 Å². The normalized spacial score (nSPS) is 19.9. The summed E-state index contributed by atoms with van der Waals surface area (Å²) in [7, 11) is 1.67. The van der Waals surface area contributed by atoms with Gasteiger partial charge in [-0.05, 0) is 18.6 Å². The Morgan fingerprint density at radius 1 is 1.64 bits per heavy atom. The van der Waals surface area contributed by atoms with E-state index in [0.29, 0.717) is 29.8 Å². The summed E-state index contributed by atoms with van der Waals surface area (Å²) in [4.78, 5) is 16.0. The third-order valence-electron chi connectivity index (χ3n) is 3.22. The largest absolute Gasteiger partial charge is 0.386 e. The number of piperidine rings is 1. The van der Waals surface area contributed by atoms with Crippen LogP contribution in [0, 0.1) is 0 Å². The number of nitrogens with one attached hydrogen (secondary N) is 3. The fourth-order valence-electron chi connectivity index (χ4n) is 2.05. The number of carbonyl (C=O) groups is 1. The molecule has 0 radical (unpaired) electrons. The molecule has 0 spiro atoms. The van der Waals surface area contributed by atoms with Gasteiger partial charge in [0.1, 0.15) is 6.10 Å². The van der Waals surface area contributed by atoms with Crippen LogP contribution < -0.4 is 16.0 Å². The summed E-state index contributed by atoms with van der Waals surface area (Å²) in [5.41, 5.74) is 0. The van der Waals surface area contributed by atoms with Gasteiger partial charge in [0, 0.05) is 37.5 Å². The van der Waals surface area contributed by atoms with Crippen molar-refractivity contribution in [3.63, 3.8) is 0 Å². The van der Waals surface area contributed by atoms with E-state index in [1.54, 1.807) is 13.1 Å². The Morgan fingerprint density at radius 2 is 2.41 bits per heavy atom. The average molecular weight is 459 g/mol. The number of thiophene rings is 1. The van der Waals surface area contributed by atoms with Crippen LogP contribution in [0.5, 0.6) is 0 Å². The van der Waals surface area contributed by atoms with E-state index in [0.717, 1.165) is 11.3 Å². The van der Waals surface area contributed by atoms with Crippen molar-refractivity contribution in [3.05, 3.63) is 21.3 Å². The number of amides is 1. The Kier molecular flexibility index (Phi) is 8.44. The highest BCUT2D eigenvalue weighted by Gasteiger charge is 2.19. The third kappa shape index (κ3) is 5.90. The zero-order valence-corrected chi connectivity index (χ0v) is 16.0. The molecular weight excluding hydrogens is 439 g/mol.